The van der Waals surface area contributed by atoms with Crippen LogP contribution < -0.4 is 10.1 Å². The van der Waals surface area contributed by atoms with Crippen LogP contribution >= 0.6 is 0 Å². The normalized spacial score (nSPS) is 22.0. The Kier molecular flexibility index (Phi) is 5.30. The van der Waals surface area contributed by atoms with Crippen molar-refractivity contribution >= 4 is 11.5 Å². The summed E-state index contributed by atoms with van der Waals surface area (Å²) in [6, 6.07) is 7.32. The van der Waals surface area contributed by atoms with Crippen LogP contribution in [0.25, 0.3) is 16.8 Å². The van der Waals surface area contributed by atoms with E-state index in [0.717, 1.165) is 36.6 Å². The highest BCUT2D eigenvalue weighted by molar-refractivity contribution is 5.78. The van der Waals surface area contributed by atoms with Crippen LogP contribution in [-0.2, 0) is 0 Å². The number of nitrogens with one attached hydrogen (secondary N) is 1. The van der Waals surface area contributed by atoms with E-state index in [1.165, 1.54) is 37.8 Å². The van der Waals surface area contributed by atoms with E-state index in [-0.39, 0.29) is 5.82 Å². The standard InChI is InChI=1S/C24H30FN5O/c1-24(2)6-3-4-19(15-24)29-9-7-26-22-5-8-30-23(28-22)21(16-27-30)17-12-18(25)14-20(13-17)31-11-10-29/h5,8,12-14,16,19H,3-4,6-7,9-11,15H2,1-2H3,(H,26,28). The number of fused-ring (bicyclic) bond motifs is 4. The molecule has 1 fully saturated rings. The maximum absolute atomic E-state index is 14.4. The fraction of sp³-hybridized carbons (Fsp3) is 0.500. The Balaban J connectivity index is 1.47. The van der Waals surface area contributed by atoms with E-state index >= 15 is 0 Å². The number of halogens is 1. The Morgan fingerprint density at radius 1 is 1.23 bits per heavy atom. The van der Waals surface area contributed by atoms with Crippen LogP contribution in [0.5, 0.6) is 5.75 Å². The van der Waals surface area contributed by atoms with Crippen LogP contribution in [0.3, 0.4) is 0 Å². The quantitative estimate of drug-likeness (QED) is 0.619. The van der Waals surface area contributed by atoms with E-state index in [1.54, 1.807) is 10.7 Å². The van der Waals surface area contributed by atoms with Crippen LogP contribution in [0.4, 0.5) is 10.2 Å². The summed E-state index contributed by atoms with van der Waals surface area (Å²) in [4.78, 5) is 7.29. The maximum atomic E-state index is 14.4. The molecular weight excluding hydrogens is 393 g/mol. The summed E-state index contributed by atoms with van der Waals surface area (Å²) in [5, 5.41) is 7.85. The first-order valence-electron chi connectivity index (χ1n) is 11.2. The molecule has 2 aromatic heterocycles. The Labute approximate surface area is 182 Å². The Morgan fingerprint density at radius 3 is 3.00 bits per heavy atom. The van der Waals surface area contributed by atoms with E-state index in [4.69, 9.17) is 9.72 Å². The summed E-state index contributed by atoms with van der Waals surface area (Å²) in [7, 11) is 0. The van der Waals surface area contributed by atoms with Crippen molar-refractivity contribution in [1.29, 1.82) is 0 Å². The number of anilines is 1. The molecule has 1 aliphatic heterocycles. The van der Waals surface area contributed by atoms with E-state index in [2.05, 4.69) is 29.2 Å². The molecule has 4 bridgehead atoms. The van der Waals surface area contributed by atoms with Crippen molar-refractivity contribution in [3.8, 4) is 16.9 Å². The van der Waals surface area contributed by atoms with Gasteiger partial charge in [0.15, 0.2) is 5.65 Å². The van der Waals surface area contributed by atoms with E-state index < -0.39 is 0 Å². The topological polar surface area (TPSA) is 54.7 Å². The molecule has 0 amide bonds. The first-order valence-corrected chi connectivity index (χ1v) is 11.2. The molecule has 1 saturated carbocycles. The summed E-state index contributed by atoms with van der Waals surface area (Å²) >= 11 is 0. The van der Waals surface area contributed by atoms with Gasteiger partial charge in [0.1, 0.15) is 24.0 Å². The second-order valence-corrected chi connectivity index (χ2v) is 9.54. The van der Waals surface area contributed by atoms with Gasteiger partial charge >= 0.3 is 0 Å². The van der Waals surface area contributed by atoms with Gasteiger partial charge in [0.2, 0.25) is 0 Å². The fourth-order valence-electron chi connectivity index (χ4n) is 5.03. The predicted octanol–water partition coefficient (Wildman–Crippen LogP) is 4.61. The molecule has 164 valence electrons. The van der Waals surface area contributed by atoms with Crippen molar-refractivity contribution in [2.75, 3.05) is 31.6 Å². The lowest BCUT2D eigenvalue weighted by Crippen LogP contribution is -2.45. The van der Waals surface area contributed by atoms with Gasteiger partial charge < -0.3 is 10.1 Å². The van der Waals surface area contributed by atoms with Gasteiger partial charge in [0.25, 0.3) is 0 Å². The zero-order chi connectivity index (χ0) is 21.4. The molecule has 6 nitrogen and oxygen atoms in total. The van der Waals surface area contributed by atoms with Gasteiger partial charge in [0.05, 0.1) is 6.20 Å². The predicted molar refractivity (Wildman–Crippen MR) is 120 cm³/mol. The summed E-state index contributed by atoms with van der Waals surface area (Å²) in [6.07, 6.45) is 8.58. The van der Waals surface area contributed by atoms with Gasteiger partial charge in [-0.05, 0) is 48.4 Å². The van der Waals surface area contributed by atoms with Crippen LogP contribution in [0.1, 0.15) is 39.5 Å². The van der Waals surface area contributed by atoms with E-state index in [1.807, 2.05) is 18.3 Å². The summed E-state index contributed by atoms with van der Waals surface area (Å²) < 4.78 is 22.1. The highest BCUT2D eigenvalue weighted by Crippen LogP contribution is 2.37. The van der Waals surface area contributed by atoms with Crippen molar-refractivity contribution in [3.05, 3.63) is 42.5 Å². The second-order valence-electron chi connectivity index (χ2n) is 9.54. The average molecular weight is 424 g/mol. The summed E-state index contributed by atoms with van der Waals surface area (Å²) in [5.41, 5.74) is 2.58. The highest BCUT2D eigenvalue weighted by atomic mass is 19.1. The molecule has 1 N–H and O–H groups in total. The number of rotatable bonds is 1. The molecule has 1 aliphatic carbocycles. The molecule has 0 spiro atoms. The smallest absolute Gasteiger partial charge is 0.165 e. The SMILES string of the molecule is CC1(C)CCCC(N2CCNc3ccn4ncc(c4n3)-c3cc(F)cc(c3)OCC2)C1. The maximum Gasteiger partial charge on any atom is 0.165 e. The van der Waals surface area contributed by atoms with Crippen molar-refractivity contribution in [1.82, 2.24) is 19.5 Å². The third-order valence-corrected chi connectivity index (χ3v) is 6.60. The lowest BCUT2D eigenvalue weighted by Gasteiger charge is -2.41. The van der Waals surface area contributed by atoms with Gasteiger partial charge in [-0.25, -0.2) is 13.9 Å². The minimum absolute atomic E-state index is 0.320. The van der Waals surface area contributed by atoms with Crippen molar-refractivity contribution in [2.45, 2.75) is 45.6 Å². The van der Waals surface area contributed by atoms with Crippen LogP contribution in [0.15, 0.2) is 36.7 Å². The third kappa shape index (κ3) is 4.37. The number of benzene rings is 1. The Hall–Kier alpha value is -2.67. The number of ether oxygens (including phenoxy) is 1. The van der Waals surface area contributed by atoms with Crippen LogP contribution in [0, 0.1) is 11.2 Å². The van der Waals surface area contributed by atoms with Gasteiger partial charge in [-0.3, -0.25) is 4.90 Å². The minimum atomic E-state index is -0.320. The molecule has 1 atom stereocenters. The van der Waals surface area contributed by atoms with Gasteiger partial charge in [0, 0.05) is 43.5 Å². The molecule has 3 heterocycles. The average Bonchev–Trinajstić information content (AvgIpc) is 3.14. The second kappa shape index (κ2) is 8.11. The first-order chi connectivity index (χ1) is 15.0. The summed E-state index contributed by atoms with van der Waals surface area (Å²) in [5.74, 6) is 1.03. The van der Waals surface area contributed by atoms with Crippen molar-refractivity contribution < 1.29 is 9.13 Å². The summed E-state index contributed by atoms with van der Waals surface area (Å²) in [6.45, 7) is 7.82. The van der Waals surface area contributed by atoms with Crippen molar-refractivity contribution in [3.63, 3.8) is 0 Å². The molecule has 31 heavy (non-hydrogen) atoms. The molecule has 1 unspecified atom stereocenters. The molecule has 3 aromatic rings. The van der Waals surface area contributed by atoms with E-state index in [9.17, 15) is 4.39 Å². The zero-order valence-electron chi connectivity index (χ0n) is 18.3. The molecule has 1 aromatic carbocycles. The highest BCUT2D eigenvalue weighted by Gasteiger charge is 2.31. The fourth-order valence-corrected chi connectivity index (χ4v) is 5.03. The minimum Gasteiger partial charge on any atom is -0.492 e. The first kappa shape index (κ1) is 20.2. The van der Waals surface area contributed by atoms with Crippen molar-refractivity contribution in [2.24, 2.45) is 5.41 Å². The zero-order valence-corrected chi connectivity index (χ0v) is 18.3. The van der Waals surface area contributed by atoms with Gasteiger partial charge in [-0.2, -0.15) is 5.10 Å². The molecule has 0 saturated heterocycles. The molecule has 7 heteroatoms. The molecule has 0 radical (unpaired) electrons. The number of hydrogen-bond donors (Lipinski definition) is 1. The van der Waals surface area contributed by atoms with Gasteiger partial charge in [-0.1, -0.05) is 20.3 Å². The number of aromatic nitrogens is 3. The number of hydrogen-bond acceptors (Lipinski definition) is 5. The Morgan fingerprint density at radius 2 is 2.13 bits per heavy atom. The molecule has 5 rings (SSSR count). The monoisotopic (exact) mass is 423 g/mol. The van der Waals surface area contributed by atoms with Crippen LogP contribution in [0.2, 0.25) is 0 Å². The Bertz CT molecular complexity index is 1080. The van der Waals surface area contributed by atoms with Crippen LogP contribution in [-0.4, -0.2) is 51.8 Å². The number of nitrogens with zero attached hydrogens (tertiary/aromatic N) is 4. The lowest BCUT2D eigenvalue weighted by molar-refractivity contribution is 0.0849. The third-order valence-electron chi connectivity index (χ3n) is 6.60. The van der Waals surface area contributed by atoms with E-state index in [0.29, 0.717) is 29.5 Å². The molecular formula is C24H30FN5O. The van der Waals surface area contributed by atoms with Gasteiger partial charge in [-0.15, -0.1) is 0 Å². The molecule has 2 aliphatic rings. The largest absolute Gasteiger partial charge is 0.492 e. The lowest BCUT2D eigenvalue weighted by atomic mass is 9.74.